The molecule has 0 saturated carbocycles. The quantitative estimate of drug-likeness (QED) is 0.148. The number of hydrogen-bond donors (Lipinski definition) is 0. The lowest BCUT2D eigenvalue weighted by Crippen LogP contribution is -2.69. The second-order valence-electron chi connectivity index (χ2n) is 24.9. The van der Waals surface area contributed by atoms with Crippen molar-refractivity contribution in [2.75, 3.05) is 19.6 Å². The van der Waals surface area contributed by atoms with Gasteiger partial charge in [0, 0.05) is 79.8 Å². The summed E-state index contributed by atoms with van der Waals surface area (Å²) in [5.41, 5.74) is 34.2. The third kappa shape index (κ3) is 7.29. The van der Waals surface area contributed by atoms with Crippen LogP contribution < -0.4 is 73.5 Å². The van der Waals surface area contributed by atoms with Crippen LogP contribution in [0.5, 0.6) is 11.5 Å². The molecule has 5 nitrogen and oxygen atoms in total. The van der Waals surface area contributed by atoms with Crippen LogP contribution in [0.25, 0.3) is 44.5 Å². The SMILES string of the molecule is c1ccc(-c2ccccc2-c2cc3c4c(c2)N(c2ccccc2)c2ccccc2B4c2cc4c(cc2O3)N(c2c(-c3ccccc3)cccc2-c2ccccc2)c2cc3c5c6c2B4c2ccccc2N6c2ccccc2B5c2ccccc2N3c2ccccc2)cc1. The van der Waals surface area contributed by atoms with Crippen molar-refractivity contribution in [2.45, 2.75) is 0 Å². The van der Waals surface area contributed by atoms with Crippen LogP contribution in [0, 0.1) is 0 Å². The molecule has 0 aliphatic carbocycles. The van der Waals surface area contributed by atoms with Crippen LogP contribution in [0.4, 0.5) is 68.2 Å². The second kappa shape index (κ2) is 19.9. The van der Waals surface area contributed by atoms with Gasteiger partial charge in [-0.15, -0.1) is 0 Å². The molecule has 424 valence electrons. The minimum Gasteiger partial charge on any atom is -0.458 e. The number of ether oxygens (including phenoxy) is 1. The maximum Gasteiger partial charge on any atom is 0.256 e. The highest BCUT2D eigenvalue weighted by atomic mass is 16.5. The van der Waals surface area contributed by atoms with Crippen LogP contribution >= 0.6 is 0 Å². The van der Waals surface area contributed by atoms with Gasteiger partial charge in [0.05, 0.1) is 5.69 Å². The number of fused-ring (bicyclic) bond motifs is 14. The van der Waals surface area contributed by atoms with Crippen molar-refractivity contribution in [3.05, 3.63) is 322 Å². The Hall–Kier alpha value is -11.7. The summed E-state index contributed by atoms with van der Waals surface area (Å²) in [7, 11) is 0. The van der Waals surface area contributed by atoms with Gasteiger partial charge in [0.15, 0.2) is 0 Å². The highest BCUT2D eigenvalue weighted by Crippen LogP contribution is 2.54. The number of rotatable bonds is 7. The first kappa shape index (κ1) is 51.2. The fourth-order valence-corrected chi connectivity index (χ4v) is 16.6. The van der Waals surface area contributed by atoms with E-state index in [9.17, 15) is 0 Å². The molecule has 0 radical (unpaired) electrons. The summed E-state index contributed by atoms with van der Waals surface area (Å²) in [6.07, 6.45) is 0. The molecule has 0 aromatic heterocycles. The molecular formula is C84H53B3N4O. The Balaban J connectivity index is 0.925. The molecule has 6 aliphatic heterocycles. The van der Waals surface area contributed by atoms with Crippen molar-refractivity contribution in [3.63, 3.8) is 0 Å². The summed E-state index contributed by atoms with van der Waals surface area (Å²) in [6, 6.07) is 120. The minimum absolute atomic E-state index is 0.0474. The Bertz CT molecular complexity index is 5310. The van der Waals surface area contributed by atoms with Crippen molar-refractivity contribution >= 4 is 138 Å². The lowest BCUT2D eigenvalue weighted by molar-refractivity contribution is 0.488. The molecule has 14 aromatic carbocycles. The van der Waals surface area contributed by atoms with E-state index in [0.717, 1.165) is 95.6 Å². The van der Waals surface area contributed by atoms with Crippen molar-refractivity contribution in [1.29, 1.82) is 0 Å². The Morgan fingerprint density at radius 1 is 0.207 bits per heavy atom. The van der Waals surface area contributed by atoms with E-state index in [1.54, 1.807) is 0 Å². The predicted octanol–water partition coefficient (Wildman–Crippen LogP) is 15.5. The number of nitrogens with zero attached hydrogens (tertiary/aromatic N) is 4. The third-order valence-electron chi connectivity index (χ3n) is 20.2. The number of hydrogen-bond acceptors (Lipinski definition) is 5. The van der Waals surface area contributed by atoms with Crippen LogP contribution in [0.2, 0.25) is 0 Å². The average molecular weight is 1170 g/mol. The summed E-state index contributed by atoms with van der Waals surface area (Å²) in [5, 5.41) is 0. The molecule has 0 atom stereocenters. The number of anilines is 12. The van der Waals surface area contributed by atoms with E-state index >= 15 is 0 Å². The molecule has 0 unspecified atom stereocenters. The number of para-hydroxylation sites is 7. The predicted molar refractivity (Wildman–Crippen MR) is 387 cm³/mol. The van der Waals surface area contributed by atoms with Gasteiger partial charge in [0.1, 0.15) is 11.5 Å². The standard InChI is InChI=1S/C84H53B3N4O/c1-6-27-54(28-7-1)60-37-16-17-38-61(60)57-49-75-80-79(50-57)92-78-53-74-68(51-69(78)87(80)65-42-19-23-46-71(65)88(75)58-33-12-4-13-34-58)86-67-44-21-25-48-73(67)90-72-47-24-20-43-66(72)85-64-41-18-22-45-70(64)89(59-35-14-5-15-36-59)76-52-77(82(86)84(90)81(76)85)91(74)83-62(55-29-8-2-9-30-55)39-26-40-63(83)56-31-10-3-11-32-56/h1-53H. The molecule has 0 bridgehead atoms. The molecule has 0 N–H and O–H groups in total. The third-order valence-corrected chi connectivity index (χ3v) is 20.2. The average Bonchev–Trinajstić information content (AvgIpc) is 0.668. The van der Waals surface area contributed by atoms with Gasteiger partial charge in [-0.25, -0.2) is 0 Å². The first-order valence-electron chi connectivity index (χ1n) is 32.0. The molecular weight excluding hydrogens is 1110 g/mol. The van der Waals surface area contributed by atoms with Gasteiger partial charge < -0.3 is 24.3 Å². The fourth-order valence-electron chi connectivity index (χ4n) is 16.6. The molecule has 0 spiro atoms. The van der Waals surface area contributed by atoms with Crippen LogP contribution in [-0.2, 0) is 0 Å². The summed E-state index contributed by atoms with van der Waals surface area (Å²) < 4.78 is 7.89. The highest BCUT2D eigenvalue weighted by Gasteiger charge is 2.53. The molecule has 0 saturated heterocycles. The second-order valence-corrected chi connectivity index (χ2v) is 24.9. The molecule has 6 aliphatic rings. The lowest BCUT2D eigenvalue weighted by Gasteiger charge is -2.51. The molecule has 92 heavy (non-hydrogen) atoms. The van der Waals surface area contributed by atoms with Crippen molar-refractivity contribution in [3.8, 4) is 56.0 Å². The van der Waals surface area contributed by atoms with Gasteiger partial charge in [-0.1, -0.05) is 249 Å². The Kier molecular flexibility index (Phi) is 11.1. The molecule has 6 heterocycles. The maximum absolute atomic E-state index is 7.89. The fraction of sp³-hybridized carbons (Fsp3) is 0. The van der Waals surface area contributed by atoms with E-state index in [4.69, 9.17) is 4.74 Å². The largest absolute Gasteiger partial charge is 0.458 e. The minimum atomic E-state index is -0.191. The lowest BCUT2D eigenvalue weighted by atomic mass is 9.28. The number of benzene rings is 14. The van der Waals surface area contributed by atoms with E-state index in [1.165, 1.54) is 77.8 Å². The monoisotopic (exact) mass is 1170 g/mol. The van der Waals surface area contributed by atoms with Gasteiger partial charge in [-0.3, -0.25) is 0 Å². The molecule has 8 heteroatoms. The van der Waals surface area contributed by atoms with E-state index in [0.29, 0.717) is 0 Å². The Labute approximate surface area is 536 Å². The zero-order chi connectivity index (χ0) is 60.1. The van der Waals surface area contributed by atoms with E-state index in [1.807, 2.05) is 0 Å². The molecule has 14 aromatic rings. The van der Waals surface area contributed by atoms with E-state index < -0.39 is 0 Å². The zero-order valence-electron chi connectivity index (χ0n) is 50.0. The summed E-state index contributed by atoms with van der Waals surface area (Å²) in [4.78, 5) is 10.3. The maximum atomic E-state index is 7.89. The molecule has 0 amide bonds. The Morgan fingerprint density at radius 3 is 1.09 bits per heavy atom. The van der Waals surface area contributed by atoms with Crippen molar-refractivity contribution in [2.24, 2.45) is 0 Å². The van der Waals surface area contributed by atoms with E-state index in [-0.39, 0.29) is 20.1 Å². The van der Waals surface area contributed by atoms with Crippen molar-refractivity contribution in [1.82, 2.24) is 0 Å². The van der Waals surface area contributed by atoms with Gasteiger partial charge in [0.2, 0.25) is 0 Å². The van der Waals surface area contributed by atoms with Gasteiger partial charge in [-0.05, 0) is 149 Å². The smallest absolute Gasteiger partial charge is 0.256 e. The summed E-state index contributed by atoms with van der Waals surface area (Å²) in [5.74, 6) is 1.69. The van der Waals surface area contributed by atoms with Gasteiger partial charge in [-0.2, -0.15) is 0 Å². The van der Waals surface area contributed by atoms with Crippen LogP contribution in [0.1, 0.15) is 0 Å². The zero-order valence-corrected chi connectivity index (χ0v) is 50.0. The summed E-state index contributed by atoms with van der Waals surface area (Å²) >= 11 is 0. The van der Waals surface area contributed by atoms with E-state index in [2.05, 4.69) is 341 Å². The molecule has 0 fully saturated rings. The first-order valence-corrected chi connectivity index (χ1v) is 32.0. The summed E-state index contributed by atoms with van der Waals surface area (Å²) in [6.45, 7) is -0.419. The van der Waals surface area contributed by atoms with Gasteiger partial charge in [0.25, 0.3) is 20.1 Å². The van der Waals surface area contributed by atoms with Crippen molar-refractivity contribution < 1.29 is 4.74 Å². The Morgan fingerprint density at radius 2 is 0.576 bits per heavy atom. The highest BCUT2D eigenvalue weighted by molar-refractivity contribution is 7.05. The van der Waals surface area contributed by atoms with Gasteiger partial charge >= 0.3 is 0 Å². The van der Waals surface area contributed by atoms with Crippen LogP contribution in [0.15, 0.2) is 322 Å². The normalized spacial score (nSPS) is 13.6. The van der Waals surface area contributed by atoms with Crippen LogP contribution in [0.3, 0.4) is 0 Å². The first-order chi connectivity index (χ1) is 45.7. The van der Waals surface area contributed by atoms with Crippen LogP contribution in [-0.4, -0.2) is 20.1 Å². The topological polar surface area (TPSA) is 22.2 Å². The molecule has 20 rings (SSSR count).